The molecule has 0 aliphatic heterocycles. The zero-order valence-corrected chi connectivity index (χ0v) is 14.0. The van der Waals surface area contributed by atoms with Crippen LogP contribution < -0.4 is 11.2 Å². The molecule has 0 amide bonds. The van der Waals surface area contributed by atoms with E-state index < -0.39 is 17.1 Å². The Morgan fingerprint density at radius 3 is 2.64 bits per heavy atom. The van der Waals surface area contributed by atoms with E-state index in [4.69, 9.17) is 11.6 Å². The zero-order valence-electron chi connectivity index (χ0n) is 13.2. The first-order chi connectivity index (χ1) is 12.0. The maximum atomic E-state index is 12.1. The predicted molar refractivity (Wildman–Crippen MR) is 97.8 cm³/mol. The Labute approximate surface area is 147 Å². The quantitative estimate of drug-likeness (QED) is 0.708. The molecule has 0 fully saturated rings. The second-order valence-electron chi connectivity index (χ2n) is 5.41. The molecule has 0 unspecified atom stereocenters. The first kappa shape index (κ1) is 16.7. The van der Waals surface area contributed by atoms with Crippen LogP contribution in [0, 0.1) is 6.92 Å². The number of aromatic hydroxyl groups is 1. The Kier molecular flexibility index (Phi) is 4.54. The van der Waals surface area contributed by atoms with Crippen molar-refractivity contribution >= 4 is 23.5 Å². The van der Waals surface area contributed by atoms with Crippen molar-refractivity contribution in [1.82, 2.24) is 9.55 Å². The van der Waals surface area contributed by atoms with Crippen LogP contribution >= 0.6 is 11.6 Å². The lowest BCUT2D eigenvalue weighted by molar-refractivity contribution is 0.430. The van der Waals surface area contributed by atoms with E-state index in [0.717, 1.165) is 10.1 Å². The summed E-state index contributed by atoms with van der Waals surface area (Å²) in [5, 5.41) is 10.8. The minimum atomic E-state index is -0.766. The molecule has 2 aromatic carbocycles. The molecule has 0 bridgehead atoms. The Hall–Kier alpha value is -3.12. The van der Waals surface area contributed by atoms with Crippen molar-refractivity contribution in [2.75, 3.05) is 0 Å². The monoisotopic (exact) mass is 355 g/mol. The van der Waals surface area contributed by atoms with Crippen LogP contribution in [0.25, 0.3) is 5.69 Å². The molecule has 3 aromatic rings. The smallest absolute Gasteiger partial charge is 0.335 e. The van der Waals surface area contributed by atoms with Crippen molar-refractivity contribution in [1.29, 1.82) is 0 Å². The molecule has 1 heterocycles. The molecular weight excluding hydrogens is 342 g/mol. The predicted octanol–water partition coefficient (Wildman–Crippen LogP) is 2.94. The number of aromatic amines is 1. The number of H-pyrrole nitrogens is 1. The number of hydrogen-bond acceptors (Lipinski definition) is 4. The molecule has 0 aliphatic rings. The van der Waals surface area contributed by atoms with Gasteiger partial charge < -0.3 is 5.11 Å². The molecule has 25 heavy (non-hydrogen) atoms. The third-order valence-corrected chi connectivity index (χ3v) is 3.77. The van der Waals surface area contributed by atoms with Crippen molar-refractivity contribution < 1.29 is 5.11 Å². The van der Waals surface area contributed by atoms with Gasteiger partial charge in [-0.2, -0.15) is 0 Å². The molecule has 6 nitrogen and oxygen atoms in total. The number of halogens is 1. The van der Waals surface area contributed by atoms with Crippen molar-refractivity contribution in [2.45, 2.75) is 6.92 Å². The molecular formula is C18H14ClN3O3. The molecule has 0 aliphatic carbocycles. The fourth-order valence-electron chi connectivity index (χ4n) is 2.36. The van der Waals surface area contributed by atoms with E-state index in [2.05, 4.69) is 9.98 Å². The maximum absolute atomic E-state index is 12.1. The van der Waals surface area contributed by atoms with Gasteiger partial charge in [-0.1, -0.05) is 29.8 Å². The number of hydrogen-bond donors (Lipinski definition) is 2. The summed E-state index contributed by atoms with van der Waals surface area (Å²) in [4.78, 5) is 30.5. The number of nitrogens with one attached hydrogen (secondary N) is 1. The molecule has 0 saturated heterocycles. The molecule has 0 spiro atoms. The summed E-state index contributed by atoms with van der Waals surface area (Å²) in [7, 11) is 0. The molecule has 2 N–H and O–H groups in total. The highest BCUT2D eigenvalue weighted by molar-refractivity contribution is 6.30. The summed E-state index contributed by atoms with van der Waals surface area (Å²) in [6, 6.07) is 13.7. The largest absolute Gasteiger partial charge is 0.493 e. The van der Waals surface area contributed by atoms with Crippen molar-refractivity contribution in [3.63, 3.8) is 0 Å². The number of aryl methyl sites for hydroxylation is 1. The van der Waals surface area contributed by atoms with Crippen LogP contribution in [0.3, 0.4) is 0 Å². The van der Waals surface area contributed by atoms with Gasteiger partial charge in [0.2, 0.25) is 5.88 Å². The second kappa shape index (κ2) is 6.78. The summed E-state index contributed by atoms with van der Waals surface area (Å²) in [6.45, 7) is 1.92. The molecule has 3 rings (SSSR count). The number of rotatable bonds is 3. The van der Waals surface area contributed by atoms with Crippen molar-refractivity contribution in [3.8, 4) is 11.6 Å². The fraction of sp³-hybridized carbons (Fsp3) is 0.0556. The molecule has 1 aromatic heterocycles. The first-order valence-corrected chi connectivity index (χ1v) is 7.78. The summed E-state index contributed by atoms with van der Waals surface area (Å²) >= 11 is 5.93. The molecule has 126 valence electrons. The first-order valence-electron chi connectivity index (χ1n) is 7.40. The van der Waals surface area contributed by atoms with Gasteiger partial charge in [0.05, 0.1) is 11.4 Å². The topological polar surface area (TPSA) is 87.4 Å². The Balaban J connectivity index is 2.14. The lowest BCUT2D eigenvalue weighted by atomic mass is 10.2. The van der Waals surface area contributed by atoms with Gasteiger partial charge in [0.15, 0.2) is 0 Å². The normalized spacial score (nSPS) is 11.1. The van der Waals surface area contributed by atoms with Gasteiger partial charge in [0, 0.05) is 11.2 Å². The molecule has 0 saturated carbocycles. The number of aromatic nitrogens is 2. The molecule has 0 atom stereocenters. The summed E-state index contributed by atoms with van der Waals surface area (Å²) in [5.41, 5.74) is 0.350. The van der Waals surface area contributed by atoms with Crippen molar-refractivity contribution in [2.24, 2.45) is 4.99 Å². The van der Waals surface area contributed by atoms with Crippen LogP contribution in [0.4, 0.5) is 5.69 Å². The highest BCUT2D eigenvalue weighted by Crippen LogP contribution is 2.19. The minimum Gasteiger partial charge on any atom is -0.493 e. The highest BCUT2D eigenvalue weighted by Gasteiger charge is 2.14. The van der Waals surface area contributed by atoms with E-state index in [0.29, 0.717) is 16.4 Å². The van der Waals surface area contributed by atoms with Gasteiger partial charge >= 0.3 is 5.69 Å². The number of nitrogens with zero attached hydrogens (tertiary/aromatic N) is 2. The number of aliphatic imine (C=N–C) groups is 1. The van der Waals surface area contributed by atoms with Crippen molar-refractivity contribution in [3.05, 3.63) is 85.5 Å². The maximum Gasteiger partial charge on any atom is 0.335 e. The van der Waals surface area contributed by atoms with Gasteiger partial charge in [0.25, 0.3) is 5.56 Å². The van der Waals surface area contributed by atoms with Gasteiger partial charge in [0.1, 0.15) is 5.56 Å². The van der Waals surface area contributed by atoms with E-state index in [1.807, 2.05) is 25.1 Å². The highest BCUT2D eigenvalue weighted by atomic mass is 35.5. The average molecular weight is 356 g/mol. The average Bonchev–Trinajstić information content (AvgIpc) is 2.54. The lowest BCUT2D eigenvalue weighted by Crippen LogP contribution is -2.31. The van der Waals surface area contributed by atoms with Gasteiger partial charge in [-0.3, -0.25) is 14.8 Å². The van der Waals surface area contributed by atoms with Crippen LogP contribution in [0.2, 0.25) is 5.02 Å². The molecule has 7 heteroatoms. The van der Waals surface area contributed by atoms with E-state index in [9.17, 15) is 14.7 Å². The van der Waals surface area contributed by atoms with E-state index >= 15 is 0 Å². The van der Waals surface area contributed by atoms with Crippen LogP contribution in [0.15, 0.2) is 63.1 Å². The summed E-state index contributed by atoms with van der Waals surface area (Å²) in [6.07, 6.45) is 1.23. The van der Waals surface area contributed by atoms with E-state index in [1.54, 1.807) is 24.3 Å². The minimum absolute atomic E-state index is 0.124. The SMILES string of the molecule is Cc1cccc(N=Cc2c(O)n(-c3cccc(Cl)c3)c(=O)[nH]c2=O)c1. The Morgan fingerprint density at radius 2 is 1.92 bits per heavy atom. The standard InChI is InChI=1S/C18H14ClN3O3/c1-11-4-2-6-13(8-11)20-10-15-16(23)21-18(25)22(17(15)24)14-7-3-5-12(19)9-14/h2-10,24H,1H3,(H,21,23,25). The Bertz CT molecular complexity index is 1080. The number of benzene rings is 2. The van der Waals surface area contributed by atoms with Crippen LogP contribution in [0.1, 0.15) is 11.1 Å². The van der Waals surface area contributed by atoms with E-state index in [1.165, 1.54) is 12.3 Å². The zero-order chi connectivity index (χ0) is 18.0. The van der Waals surface area contributed by atoms with E-state index in [-0.39, 0.29) is 5.56 Å². The third kappa shape index (κ3) is 3.54. The fourth-order valence-corrected chi connectivity index (χ4v) is 2.54. The van der Waals surface area contributed by atoms with Crippen LogP contribution in [-0.2, 0) is 0 Å². The lowest BCUT2D eigenvalue weighted by Gasteiger charge is -2.09. The van der Waals surface area contributed by atoms with Crippen LogP contribution in [-0.4, -0.2) is 20.9 Å². The summed E-state index contributed by atoms with van der Waals surface area (Å²) < 4.78 is 0.963. The third-order valence-electron chi connectivity index (χ3n) is 3.53. The Morgan fingerprint density at radius 1 is 1.16 bits per heavy atom. The van der Waals surface area contributed by atoms with Crippen LogP contribution in [0.5, 0.6) is 5.88 Å². The molecule has 0 radical (unpaired) electrons. The van der Waals surface area contributed by atoms with Gasteiger partial charge in [-0.05, 0) is 42.8 Å². The van der Waals surface area contributed by atoms with Gasteiger partial charge in [-0.25, -0.2) is 9.36 Å². The van der Waals surface area contributed by atoms with Gasteiger partial charge in [-0.15, -0.1) is 0 Å². The summed E-state index contributed by atoms with van der Waals surface area (Å²) in [5.74, 6) is -0.507. The second-order valence-corrected chi connectivity index (χ2v) is 5.85.